The van der Waals surface area contributed by atoms with Gasteiger partial charge in [-0.1, -0.05) is 6.92 Å². The van der Waals surface area contributed by atoms with Crippen molar-refractivity contribution in [3.63, 3.8) is 0 Å². The van der Waals surface area contributed by atoms with Crippen molar-refractivity contribution in [2.45, 2.75) is 13.3 Å². The molecule has 0 heterocycles. The number of rotatable bonds is 2. The van der Waals surface area contributed by atoms with Gasteiger partial charge in [-0.25, -0.2) is 0 Å². The van der Waals surface area contributed by atoms with E-state index in [1.165, 1.54) is 0 Å². The minimum atomic E-state index is 0. The molecule has 0 atom stereocenters. The topological polar surface area (TPSA) is 29.1 Å². The summed E-state index contributed by atoms with van der Waals surface area (Å²) in [7, 11) is 1.91. The van der Waals surface area contributed by atoms with Crippen molar-refractivity contribution in [1.82, 2.24) is 5.32 Å². The summed E-state index contributed by atoms with van der Waals surface area (Å²) in [5.41, 5.74) is 0. The van der Waals surface area contributed by atoms with E-state index in [-0.39, 0.29) is 26.9 Å². The molecule has 9 heavy (non-hydrogen) atoms. The van der Waals surface area contributed by atoms with Crippen LogP contribution in [0.25, 0.3) is 0 Å². The Morgan fingerprint density at radius 3 is 1.89 bits per heavy atom. The van der Waals surface area contributed by atoms with Crippen LogP contribution in [0.1, 0.15) is 13.3 Å². The average Bonchev–Trinajstić information content (AvgIpc) is 1.75. The normalized spacial score (nSPS) is 5.11. The van der Waals surface area contributed by atoms with E-state index in [0.29, 0.717) is 0 Å². The fraction of sp³-hybridized carbons (Fsp3) is 0.500. The smallest absolute Gasteiger partial charge is 0.545 e. The van der Waals surface area contributed by atoms with E-state index in [1.54, 1.807) is 0 Å². The molecule has 0 unspecified atom stereocenters. The summed E-state index contributed by atoms with van der Waals surface area (Å²) in [6, 6.07) is 0. The largest absolute Gasteiger partial charge is 3.00 e. The Bertz CT molecular complexity index is 27.0. The molecule has 0 aliphatic heterocycles. The van der Waals surface area contributed by atoms with Crippen LogP contribution >= 0.6 is 0 Å². The van der Waals surface area contributed by atoms with Gasteiger partial charge in [0.2, 0.25) is 0 Å². The minimum absolute atomic E-state index is 0. The minimum Gasteiger partial charge on any atom is -0.545 e. The molecule has 0 saturated heterocycles. The Balaban J connectivity index is -0.0000000286. The quantitative estimate of drug-likeness (QED) is 0.424. The number of nitrogens with one attached hydrogen (secondary N) is 1. The molecular formula is C6H14NORu. The Kier molecular flexibility index (Phi) is 104. The van der Waals surface area contributed by atoms with Crippen LogP contribution in [0, 0.1) is 14.0 Å². The molecule has 0 rings (SSSR count). The Morgan fingerprint density at radius 1 is 1.56 bits per heavy atom. The second-order valence-electron chi connectivity index (χ2n) is 0.901. The maximum atomic E-state index is 7.75. The molecule has 0 aliphatic rings. The zero-order valence-corrected chi connectivity index (χ0v) is 7.86. The van der Waals surface area contributed by atoms with E-state index >= 15 is 0 Å². The second-order valence-corrected chi connectivity index (χ2v) is 0.901. The standard InChI is InChI=1S/C4H10N.CHO.CH3.Ru/c1-3-4-5-2;1-2;;/h4-5H,3H2,1-2H3;1H;1H3;/q3*-1;+3. The molecule has 0 spiro atoms. The first-order chi connectivity index (χ1) is 3.41. The van der Waals surface area contributed by atoms with Crippen LogP contribution in [0.3, 0.4) is 0 Å². The van der Waals surface area contributed by atoms with Gasteiger partial charge in [-0.2, -0.15) is 6.42 Å². The molecule has 0 aliphatic carbocycles. The Hall–Kier alpha value is 0.253. The molecule has 0 aromatic rings. The predicted molar refractivity (Wildman–Crippen MR) is 36.8 cm³/mol. The van der Waals surface area contributed by atoms with Gasteiger partial charge in [0.05, 0.1) is 0 Å². The maximum absolute atomic E-state index is 7.75. The molecule has 0 aromatic carbocycles. The molecular weight excluding hydrogens is 203 g/mol. The van der Waals surface area contributed by atoms with Crippen LogP contribution in [-0.2, 0) is 24.3 Å². The van der Waals surface area contributed by atoms with Gasteiger partial charge in [0.15, 0.2) is 0 Å². The molecule has 3 heteroatoms. The predicted octanol–water partition coefficient (Wildman–Crippen LogP) is 0.951. The van der Waals surface area contributed by atoms with Crippen molar-refractivity contribution in [2.75, 3.05) is 7.05 Å². The van der Waals surface area contributed by atoms with Crippen molar-refractivity contribution in [3.8, 4) is 0 Å². The van der Waals surface area contributed by atoms with Crippen molar-refractivity contribution in [3.05, 3.63) is 14.0 Å². The molecule has 0 fully saturated rings. The van der Waals surface area contributed by atoms with Crippen molar-refractivity contribution < 1.29 is 24.3 Å². The van der Waals surface area contributed by atoms with E-state index in [1.807, 2.05) is 13.6 Å². The van der Waals surface area contributed by atoms with Gasteiger partial charge in [-0.3, -0.25) is 13.3 Å². The number of carbonyl (C=O) groups excluding carboxylic acids is 1. The van der Waals surface area contributed by atoms with E-state index in [2.05, 4.69) is 19.0 Å². The fourth-order valence-corrected chi connectivity index (χ4v) is 0.204. The zero-order valence-electron chi connectivity index (χ0n) is 6.12. The molecule has 0 saturated carbocycles. The molecule has 1 N–H and O–H groups in total. The first kappa shape index (κ1) is 22.8. The second kappa shape index (κ2) is 41.0. The van der Waals surface area contributed by atoms with Crippen LogP contribution in [0.5, 0.6) is 0 Å². The molecule has 1 radical (unpaired) electrons. The van der Waals surface area contributed by atoms with Crippen molar-refractivity contribution in [1.29, 1.82) is 0 Å². The molecule has 0 amide bonds. The van der Waals surface area contributed by atoms with Crippen LogP contribution < -0.4 is 5.32 Å². The van der Waals surface area contributed by atoms with Crippen molar-refractivity contribution in [2.24, 2.45) is 0 Å². The van der Waals surface area contributed by atoms with Gasteiger partial charge in [0.25, 0.3) is 0 Å². The summed E-state index contributed by atoms with van der Waals surface area (Å²) < 4.78 is 0. The molecule has 57 valence electrons. The van der Waals surface area contributed by atoms with Gasteiger partial charge in [0.1, 0.15) is 0 Å². The van der Waals surface area contributed by atoms with E-state index < -0.39 is 0 Å². The van der Waals surface area contributed by atoms with Crippen molar-refractivity contribution >= 4 is 6.79 Å². The first-order valence-electron chi connectivity index (χ1n) is 2.14. The fourth-order valence-electron chi connectivity index (χ4n) is 0.204. The summed E-state index contributed by atoms with van der Waals surface area (Å²) in [5, 5.41) is 2.89. The number of hydrogen-bond donors (Lipinski definition) is 1. The van der Waals surface area contributed by atoms with E-state index in [4.69, 9.17) is 4.79 Å². The Morgan fingerprint density at radius 2 is 1.89 bits per heavy atom. The average molecular weight is 217 g/mol. The summed E-state index contributed by atoms with van der Waals surface area (Å²) in [6.07, 6.45) is 1.11. The van der Waals surface area contributed by atoms with Gasteiger partial charge < -0.3 is 17.5 Å². The van der Waals surface area contributed by atoms with Gasteiger partial charge in [0, 0.05) is 0 Å². The third-order valence-electron chi connectivity index (χ3n) is 0.408. The van der Waals surface area contributed by atoms with Crippen LogP contribution in [-0.4, -0.2) is 13.8 Å². The maximum Gasteiger partial charge on any atom is 3.00 e. The third kappa shape index (κ3) is 63.6. The molecule has 0 bridgehead atoms. The summed E-state index contributed by atoms with van der Waals surface area (Å²) in [5.74, 6) is 0. The van der Waals surface area contributed by atoms with E-state index in [9.17, 15) is 0 Å². The van der Waals surface area contributed by atoms with E-state index in [0.717, 1.165) is 6.42 Å². The summed E-state index contributed by atoms with van der Waals surface area (Å²) in [4.78, 5) is 7.75. The molecule has 2 nitrogen and oxygen atoms in total. The van der Waals surface area contributed by atoms with Crippen LogP contribution in [0.4, 0.5) is 0 Å². The van der Waals surface area contributed by atoms with Gasteiger partial charge in [-0.05, 0) is 7.05 Å². The zero-order chi connectivity index (χ0) is 6.12. The third-order valence-corrected chi connectivity index (χ3v) is 0.408. The first-order valence-corrected chi connectivity index (χ1v) is 2.14. The Labute approximate surface area is 71.2 Å². The van der Waals surface area contributed by atoms with Crippen LogP contribution in [0.2, 0.25) is 0 Å². The van der Waals surface area contributed by atoms with Gasteiger partial charge >= 0.3 is 19.5 Å². The molecule has 0 aromatic heterocycles. The summed E-state index contributed by atoms with van der Waals surface area (Å²) >= 11 is 0. The number of hydrogen-bond acceptors (Lipinski definition) is 2. The van der Waals surface area contributed by atoms with Crippen LogP contribution in [0.15, 0.2) is 0 Å². The van der Waals surface area contributed by atoms with Gasteiger partial charge in [-0.15, -0.1) is 0 Å². The SMILES string of the molecule is CC[CH-]NC.[CH-]=O.[CH3-].[Ru+3]. The summed E-state index contributed by atoms with van der Waals surface area (Å²) in [6.45, 7) is 7.34. The monoisotopic (exact) mass is 218 g/mol.